The van der Waals surface area contributed by atoms with Crippen molar-refractivity contribution in [3.8, 4) is 17.2 Å². The summed E-state index contributed by atoms with van der Waals surface area (Å²) in [6.07, 6.45) is 0. The van der Waals surface area contributed by atoms with Gasteiger partial charge in [0, 0.05) is 19.2 Å². The first-order valence-corrected chi connectivity index (χ1v) is 9.56. The van der Waals surface area contributed by atoms with Gasteiger partial charge in [-0.15, -0.1) is 0 Å². The largest absolute Gasteiger partial charge is 0.454 e. The van der Waals surface area contributed by atoms with Crippen molar-refractivity contribution < 1.29 is 18.7 Å². The van der Waals surface area contributed by atoms with Gasteiger partial charge in [0.2, 0.25) is 12.5 Å². The van der Waals surface area contributed by atoms with E-state index in [2.05, 4.69) is 10.4 Å². The fourth-order valence-electron chi connectivity index (χ4n) is 3.13. The number of ether oxygens (including phenoxy) is 2. The van der Waals surface area contributed by atoms with Gasteiger partial charge in [-0.25, -0.2) is 9.18 Å². The lowest BCUT2D eigenvalue weighted by molar-refractivity contribution is 0.0941. The van der Waals surface area contributed by atoms with Crippen molar-refractivity contribution in [2.24, 2.45) is 0 Å². The van der Waals surface area contributed by atoms with Crippen LogP contribution in [0.1, 0.15) is 28.5 Å². The molecule has 2 heterocycles. The van der Waals surface area contributed by atoms with Crippen LogP contribution in [-0.4, -0.2) is 27.0 Å². The molecule has 0 unspecified atom stereocenters. The fraction of sp³-hybridized carbons (Fsp3) is 0.238. The van der Waals surface area contributed by atoms with E-state index < -0.39 is 28.7 Å². The highest BCUT2D eigenvalue weighted by Gasteiger charge is 2.20. The summed E-state index contributed by atoms with van der Waals surface area (Å²) in [6.45, 7) is 3.43. The van der Waals surface area contributed by atoms with Crippen molar-refractivity contribution in [1.29, 1.82) is 0 Å². The Morgan fingerprint density at radius 1 is 1.16 bits per heavy atom. The van der Waals surface area contributed by atoms with Crippen molar-refractivity contribution in [2.45, 2.75) is 26.9 Å². The Hall–Kier alpha value is -3.95. The van der Waals surface area contributed by atoms with Gasteiger partial charge in [0.25, 0.3) is 11.5 Å². The van der Waals surface area contributed by atoms with E-state index in [-0.39, 0.29) is 25.6 Å². The molecule has 0 spiro atoms. The van der Waals surface area contributed by atoms with Crippen molar-refractivity contribution in [3.05, 3.63) is 79.9 Å². The smallest absolute Gasteiger partial charge is 0.352 e. The zero-order chi connectivity index (χ0) is 22.1. The lowest BCUT2D eigenvalue weighted by Gasteiger charge is -2.12. The van der Waals surface area contributed by atoms with Gasteiger partial charge in [0.1, 0.15) is 5.82 Å². The highest BCUT2D eigenvalue weighted by atomic mass is 19.1. The van der Waals surface area contributed by atoms with E-state index in [0.29, 0.717) is 17.1 Å². The van der Waals surface area contributed by atoms with Gasteiger partial charge in [0.15, 0.2) is 11.5 Å². The van der Waals surface area contributed by atoms with Gasteiger partial charge in [-0.1, -0.05) is 12.1 Å². The normalized spacial score (nSPS) is 12.1. The number of halogens is 1. The van der Waals surface area contributed by atoms with Gasteiger partial charge in [-0.05, 0) is 43.2 Å². The molecule has 1 aliphatic rings. The van der Waals surface area contributed by atoms with Crippen LogP contribution in [0.25, 0.3) is 5.69 Å². The third-order valence-corrected chi connectivity index (χ3v) is 4.88. The molecule has 0 atom stereocenters. The van der Waals surface area contributed by atoms with Crippen molar-refractivity contribution in [2.75, 3.05) is 6.79 Å². The molecule has 0 aliphatic carbocycles. The molecular formula is C21H19FN4O5. The number of rotatable bonds is 5. The third kappa shape index (κ3) is 3.79. The van der Waals surface area contributed by atoms with Crippen molar-refractivity contribution >= 4 is 5.91 Å². The average molecular weight is 426 g/mol. The van der Waals surface area contributed by atoms with Gasteiger partial charge in [-0.3, -0.25) is 14.2 Å². The SMILES string of the molecule is CCn1c(=O)c(C(=O)NCc2ccc3c(c2)OCO3)nn(-c2ccc(C)c(F)c2)c1=O. The van der Waals surface area contributed by atoms with Crippen LogP contribution in [0.2, 0.25) is 0 Å². The summed E-state index contributed by atoms with van der Waals surface area (Å²) in [5, 5.41) is 6.56. The van der Waals surface area contributed by atoms with E-state index in [4.69, 9.17) is 9.47 Å². The van der Waals surface area contributed by atoms with E-state index >= 15 is 0 Å². The monoisotopic (exact) mass is 426 g/mol. The molecule has 4 rings (SSSR count). The van der Waals surface area contributed by atoms with Crippen LogP contribution in [0.4, 0.5) is 4.39 Å². The minimum atomic E-state index is -0.820. The molecule has 160 valence electrons. The second-order valence-corrected chi connectivity index (χ2v) is 6.90. The van der Waals surface area contributed by atoms with Crippen LogP contribution in [0.15, 0.2) is 46.0 Å². The van der Waals surface area contributed by atoms with Gasteiger partial charge in [0.05, 0.1) is 5.69 Å². The number of nitrogens with one attached hydrogen (secondary N) is 1. The number of hydrogen-bond donors (Lipinski definition) is 1. The number of carbonyl (C=O) groups excluding carboxylic acids is 1. The van der Waals surface area contributed by atoms with Crippen molar-refractivity contribution in [3.63, 3.8) is 0 Å². The van der Waals surface area contributed by atoms with Crippen LogP contribution in [0.5, 0.6) is 11.5 Å². The topological polar surface area (TPSA) is 104 Å². The van der Waals surface area contributed by atoms with Gasteiger partial charge in [-0.2, -0.15) is 9.78 Å². The molecule has 3 aromatic rings. The standard InChI is InChI=1S/C21H19FN4O5/c1-3-25-20(28)18(24-26(21(25)29)14-6-4-12(2)15(22)9-14)19(27)23-10-13-5-7-16-17(8-13)31-11-30-16/h4-9H,3,10-11H2,1-2H3,(H,23,27). The van der Waals surface area contributed by atoms with Crippen LogP contribution in [0, 0.1) is 12.7 Å². The minimum absolute atomic E-state index is 0.0248. The van der Waals surface area contributed by atoms with Gasteiger partial charge < -0.3 is 14.8 Å². The number of carbonyl (C=O) groups is 1. The zero-order valence-electron chi connectivity index (χ0n) is 16.8. The molecule has 0 saturated carbocycles. The maximum Gasteiger partial charge on any atom is 0.352 e. The first kappa shape index (κ1) is 20.3. The summed E-state index contributed by atoms with van der Waals surface area (Å²) in [4.78, 5) is 38.0. The Kier molecular flexibility index (Phi) is 5.28. The quantitative estimate of drug-likeness (QED) is 0.663. The molecule has 1 N–H and O–H groups in total. The zero-order valence-corrected chi connectivity index (χ0v) is 16.8. The molecule has 0 fully saturated rings. The molecule has 2 aromatic carbocycles. The number of aromatic nitrogens is 3. The second kappa shape index (κ2) is 8.05. The van der Waals surface area contributed by atoms with Crippen LogP contribution >= 0.6 is 0 Å². The third-order valence-electron chi connectivity index (χ3n) is 4.88. The van der Waals surface area contributed by atoms with E-state index in [1.54, 1.807) is 32.0 Å². The number of aryl methyl sites for hydroxylation is 1. The molecule has 0 radical (unpaired) electrons. The number of nitrogens with zero attached hydrogens (tertiary/aromatic N) is 3. The molecule has 9 nitrogen and oxygen atoms in total. The number of amides is 1. The Morgan fingerprint density at radius 2 is 1.94 bits per heavy atom. The van der Waals surface area contributed by atoms with Crippen LogP contribution in [0.3, 0.4) is 0 Å². The first-order valence-electron chi connectivity index (χ1n) is 9.56. The number of hydrogen-bond acceptors (Lipinski definition) is 6. The molecule has 1 aliphatic heterocycles. The maximum absolute atomic E-state index is 14.0. The van der Waals surface area contributed by atoms with Crippen LogP contribution in [-0.2, 0) is 13.1 Å². The number of benzene rings is 2. The lowest BCUT2D eigenvalue weighted by Crippen LogP contribution is -2.45. The van der Waals surface area contributed by atoms with Crippen LogP contribution < -0.4 is 26.0 Å². The molecular weight excluding hydrogens is 407 g/mol. The maximum atomic E-state index is 14.0. The van der Waals surface area contributed by atoms with Crippen molar-refractivity contribution in [1.82, 2.24) is 19.7 Å². The molecule has 1 aromatic heterocycles. The fourth-order valence-corrected chi connectivity index (χ4v) is 3.13. The summed E-state index contributed by atoms with van der Waals surface area (Å²) in [5.74, 6) is -0.117. The highest BCUT2D eigenvalue weighted by molar-refractivity contribution is 5.91. The van der Waals surface area contributed by atoms with E-state index in [9.17, 15) is 18.8 Å². The summed E-state index contributed by atoms with van der Waals surface area (Å²) < 4.78 is 26.3. The highest BCUT2D eigenvalue weighted by Crippen LogP contribution is 2.32. The summed E-state index contributed by atoms with van der Waals surface area (Å²) in [7, 11) is 0. The second-order valence-electron chi connectivity index (χ2n) is 6.90. The molecule has 1 amide bonds. The van der Waals surface area contributed by atoms with E-state index in [1.807, 2.05) is 0 Å². The summed E-state index contributed by atoms with van der Waals surface area (Å²) >= 11 is 0. The van der Waals surface area contributed by atoms with Gasteiger partial charge >= 0.3 is 5.69 Å². The lowest BCUT2D eigenvalue weighted by atomic mass is 10.2. The predicted octanol–water partition coefficient (Wildman–Crippen LogP) is 1.52. The molecule has 0 saturated heterocycles. The molecule has 10 heteroatoms. The predicted molar refractivity (Wildman–Crippen MR) is 108 cm³/mol. The Balaban J connectivity index is 1.66. The summed E-state index contributed by atoms with van der Waals surface area (Å²) in [6, 6.07) is 9.30. The molecule has 31 heavy (non-hydrogen) atoms. The average Bonchev–Trinajstić information content (AvgIpc) is 3.22. The number of fused-ring (bicyclic) bond motifs is 1. The Bertz CT molecular complexity index is 1300. The minimum Gasteiger partial charge on any atom is -0.454 e. The summed E-state index contributed by atoms with van der Waals surface area (Å²) in [5.41, 5.74) is -0.824. The van der Waals surface area contributed by atoms with E-state index in [1.165, 1.54) is 12.1 Å². The Labute approximate surface area is 175 Å². The Morgan fingerprint density at radius 3 is 2.68 bits per heavy atom. The first-order chi connectivity index (χ1) is 14.9. The molecule has 0 bridgehead atoms. The van der Waals surface area contributed by atoms with E-state index in [0.717, 1.165) is 20.9 Å².